The molecule has 0 bridgehead atoms. The summed E-state index contributed by atoms with van der Waals surface area (Å²) in [5, 5.41) is 2.16. The predicted molar refractivity (Wildman–Crippen MR) is 127 cm³/mol. The van der Waals surface area contributed by atoms with Gasteiger partial charge in [-0.2, -0.15) is 8.68 Å². The molecule has 2 heterocycles. The van der Waals surface area contributed by atoms with Gasteiger partial charge in [0.2, 0.25) is 15.2 Å². The van der Waals surface area contributed by atoms with Crippen LogP contribution in [-0.4, -0.2) is 47.8 Å². The van der Waals surface area contributed by atoms with Crippen LogP contribution >= 0.6 is 11.5 Å². The molecule has 1 unspecified atom stereocenters. The van der Waals surface area contributed by atoms with Crippen molar-refractivity contribution in [3.63, 3.8) is 0 Å². The fourth-order valence-electron chi connectivity index (χ4n) is 3.63. The molecule has 0 spiro atoms. The Morgan fingerprint density at radius 3 is 2.55 bits per heavy atom. The average molecular weight is 455 g/mol. The number of rotatable bonds is 6. The van der Waals surface area contributed by atoms with E-state index in [0.29, 0.717) is 26.1 Å². The Kier molecular flexibility index (Phi) is 6.50. The quantitative estimate of drug-likeness (QED) is 0.564. The van der Waals surface area contributed by atoms with E-state index >= 15 is 0 Å². The Bertz CT molecular complexity index is 1140. The Labute approximate surface area is 188 Å². The van der Waals surface area contributed by atoms with Crippen molar-refractivity contribution in [3.8, 4) is 0 Å². The third-order valence-electron chi connectivity index (χ3n) is 5.34. The van der Waals surface area contributed by atoms with Gasteiger partial charge in [0.1, 0.15) is 5.82 Å². The Morgan fingerprint density at radius 1 is 1.10 bits per heavy atom. The van der Waals surface area contributed by atoms with Crippen molar-refractivity contribution in [3.05, 3.63) is 82.5 Å². The van der Waals surface area contributed by atoms with E-state index in [2.05, 4.69) is 40.5 Å². The molecule has 0 amide bonds. The molecule has 0 aliphatic carbocycles. The van der Waals surface area contributed by atoms with Gasteiger partial charge >= 0.3 is 0 Å². The predicted octanol–water partition coefficient (Wildman–Crippen LogP) is 3.95. The number of aromatic nitrogens is 2. The van der Waals surface area contributed by atoms with Gasteiger partial charge in [0.25, 0.3) is 0 Å². The SMILES string of the molecule is Cc1ccc(Cc2nsc(N3CCN(S(=O)(=O)/C=C/c4ccccc4)C(C)C3)n2)cc1. The highest BCUT2D eigenvalue weighted by molar-refractivity contribution is 7.92. The van der Waals surface area contributed by atoms with E-state index in [1.807, 2.05) is 37.3 Å². The molecule has 1 fully saturated rings. The third-order valence-corrected chi connectivity index (χ3v) is 7.83. The maximum atomic E-state index is 12.8. The number of aryl methyl sites for hydroxylation is 1. The van der Waals surface area contributed by atoms with E-state index in [4.69, 9.17) is 4.98 Å². The molecular weight excluding hydrogens is 428 g/mol. The highest BCUT2D eigenvalue weighted by atomic mass is 32.2. The van der Waals surface area contributed by atoms with Crippen molar-refractivity contribution in [1.29, 1.82) is 0 Å². The van der Waals surface area contributed by atoms with Crippen LogP contribution in [0.5, 0.6) is 0 Å². The number of piperazine rings is 1. The topological polar surface area (TPSA) is 66.4 Å². The Morgan fingerprint density at radius 2 is 1.84 bits per heavy atom. The molecule has 4 rings (SSSR count). The second-order valence-electron chi connectivity index (χ2n) is 7.82. The highest BCUT2D eigenvalue weighted by Crippen LogP contribution is 2.24. The van der Waals surface area contributed by atoms with Crippen molar-refractivity contribution in [2.24, 2.45) is 0 Å². The monoisotopic (exact) mass is 454 g/mol. The lowest BCUT2D eigenvalue weighted by molar-refractivity contribution is 0.310. The van der Waals surface area contributed by atoms with Crippen LogP contribution < -0.4 is 4.90 Å². The van der Waals surface area contributed by atoms with Gasteiger partial charge in [0.05, 0.1) is 0 Å². The first-order valence-electron chi connectivity index (χ1n) is 10.3. The fourth-order valence-corrected chi connectivity index (χ4v) is 5.74. The maximum Gasteiger partial charge on any atom is 0.236 e. The normalized spacial score (nSPS) is 18.0. The van der Waals surface area contributed by atoms with Crippen LogP contribution in [0.1, 0.15) is 29.4 Å². The molecule has 31 heavy (non-hydrogen) atoms. The molecule has 1 saturated heterocycles. The van der Waals surface area contributed by atoms with Crippen LogP contribution in [0.25, 0.3) is 6.08 Å². The number of nitrogens with zero attached hydrogens (tertiary/aromatic N) is 4. The van der Waals surface area contributed by atoms with Crippen LogP contribution in [0.2, 0.25) is 0 Å². The van der Waals surface area contributed by atoms with E-state index < -0.39 is 10.0 Å². The first-order chi connectivity index (χ1) is 14.9. The van der Waals surface area contributed by atoms with Crippen molar-refractivity contribution in [1.82, 2.24) is 13.7 Å². The highest BCUT2D eigenvalue weighted by Gasteiger charge is 2.32. The summed E-state index contributed by atoms with van der Waals surface area (Å²) in [5.74, 6) is 0.803. The average Bonchev–Trinajstić information content (AvgIpc) is 3.23. The molecule has 0 saturated carbocycles. The molecule has 1 aliphatic heterocycles. The molecule has 0 radical (unpaired) electrons. The van der Waals surface area contributed by atoms with E-state index in [-0.39, 0.29) is 6.04 Å². The van der Waals surface area contributed by atoms with Gasteiger partial charge in [-0.25, -0.2) is 13.4 Å². The molecule has 3 aromatic rings. The summed E-state index contributed by atoms with van der Waals surface area (Å²) in [6, 6.07) is 17.7. The lowest BCUT2D eigenvalue weighted by Gasteiger charge is -2.38. The van der Waals surface area contributed by atoms with E-state index in [1.165, 1.54) is 28.1 Å². The Hall–Kier alpha value is -2.55. The number of anilines is 1. The number of benzene rings is 2. The lowest BCUT2D eigenvalue weighted by Crippen LogP contribution is -2.53. The van der Waals surface area contributed by atoms with Gasteiger partial charge in [-0.3, -0.25) is 0 Å². The summed E-state index contributed by atoms with van der Waals surface area (Å²) in [5.41, 5.74) is 3.29. The van der Waals surface area contributed by atoms with Gasteiger partial charge in [-0.1, -0.05) is 60.2 Å². The van der Waals surface area contributed by atoms with Crippen LogP contribution in [0, 0.1) is 6.92 Å². The summed E-state index contributed by atoms with van der Waals surface area (Å²) in [7, 11) is -3.48. The summed E-state index contributed by atoms with van der Waals surface area (Å²) >= 11 is 1.38. The lowest BCUT2D eigenvalue weighted by atomic mass is 10.1. The zero-order chi connectivity index (χ0) is 21.8. The third kappa shape index (κ3) is 5.39. The maximum absolute atomic E-state index is 12.8. The molecule has 1 atom stereocenters. The second-order valence-corrected chi connectivity index (χ2v) is 10.3. The molecular formula is C23H26N4O2S2. The minimum absolute atomic E-state index is 0.149. The summed E-state index contributed by atoms with van der Waals surface area (Å²) in [6.45, 7) is 5.63. The van der Waals surface area contributed by atoms with E-state index in [9.17, 15) is 8.42 Å². The van der Waals surface area contributed by atoms with Crippen LogP contribution in [0.4, 0.5) is 5.13 Å². The van der Waals surface area contributed by atoms with Gasteiger partial charge in [-0.15, -0.1) is 0 Å². The van der Waals surface area contributed by atoms with Crippen molar-refractivity contribution < 1.29 is 8.42 Å². The number of hydrogen-bond donors (Lipinski definition) is 0. The van der Waals surface area contributed by atoms with Gasteiger partial charge in [0, 0.05) is 49.0 Å². The molecule has 2 aromatic carbocycles. The standard InChI is InChI=1S/C23H26N4O2S2/c1-18-8-10-21(11-9-18)16-22-24-23(30-25-22)26-13-14-27(19(2)17-26)31(28,29)15-12-20-6-4-3-5-7-20/h3-12,15,19H,13-14,16-17H2,1-2H3/b15-12+. The summed E-state index contributed by atoms with van der Waals surface area (Å²) in [4.78, 5) is 6.83. The first-order valence-corrected chi connectivity index (χ1v) is 12.6. The second kappa shape index (κ2) is 9.30. The molecule has 6 nitrogen and oxygen atoms in total. The largest absolute Gasteiger partial charge is 0.344 e. The van der Waals surface area contributed by atoms with Crippen molar-refractivity contribution in [2.75, 3.05) is 24.5 Å². The number of hydrogen-bond acceptors (Lipinski definition) is 6. The van der Waals surface area contributed by atoms with Crippen molar-refractivity contribution in [2.45, 2.75) is 26.3 Å². The minimum Gasteiger partial charge on any atom is -0.344 e. The zero-order valence-electron chi connectivity index (χ0n) is 17.7. The zero-order valence-corrected chi connectivity index (χ0v) is 19.3. The Balaban J connectivity index is 1.39. The van der Waals surface area contributed by atoms with E-state index in [0.717, 1.165) is 16.5 Å². The molecule has 0 N–H and O–H groups in total. The van der Waals surface area contributed by atoms with E-state index in [1.54, 1.807) is 10.4 Å². The molecule has 162 valence electrons. The van der Waals surface area contributed by atoms with Gasteiger partial charge in [0.15, 0.2) is 0 Å². The van der Waals surface area contributed by atoms with Crippen LogP contribution in [0.15, 0.2) is 60.0 Å². The molecule has 8 heteroatoms. The van der Waals surface area contributed by atoms with Gasteiger partial charge in [-0.05, 0) is 31.1 Å². The fraction of sp³-hybridized carbons (Fsp3) is 0.304. The van der Waals surface area contributed by atoms with Crippen molar-refractivity contribution >= 4 is 32.8 Å². The molecule has 1 aliphatic rings. The summed E-state index contributed by atoms with van der Waals surface area (Å²) < 4.78 is 31.8. The summed E-state index contributed by atoms with van der Waals surface area (Å²) in [6.07, 6.45) is 2.35. The molecule has 1 aromatic heterocycles. The first kappa shape index (κ1) is 21.7. The van der Waals surface area contributed by atoms with Gasteiger partial charge < -0.3 is 4.90 Å². The smallest absolute Gasteiger partial charge is 0.236 e. The number of sulfonamides is 1. The van der Waals surface area contributed by atoms with Crippen LogP contribution in [0.3, 0.4) is 0 Å². The van der Waals surface area contributed by atoms with Crippen LogP contribution in [-0.2, 0) is 16.4 Å². The minimum atomic E-state index is -3.48.